The Bertz CT molecular complexity index is 799. The van der Waals surface area contributed by atoms with E-state index in [0.29, 0.717) is 43.3 Å². The lowest BCUT2D eigenvalue weighted by Crippen LogP contribution is -2.18. The molecule has 2 rings (SSSR count). The van der Waals surface area contributed by atoms with Crippen LogP contribution in [0.25, 0.3) is 0 Å². The number of hydrogen-bond acceptors (Lipinski definition) is 2. The molecule has 0 aliphatic carbocycles. The van der Waals surface area contributed by atoms with E-state index in [1.54, 1.807) is 13.0 Å². The number of halogens is 4. The fourth-order valence-electron chi connectivity index (χ4n) is 2.99. The van der Waals surface area contributed by atoms with Crippen molar-refractivity contribution >= 4 is 0 Å². The van der Waals surface area contributed by atoms with Gasteiger partial charge >= 0.3 is 0 Å². The molecule has 0 saturated carbocycles. The van der Waals surface area contributed by atoms with Crippen LogP contribution in [0, 0.1) is 17.6 Å². The molecule has 0 radical (unpaired) electrons. The predicted molar refractivity (Wildman–Crippen MR) is 113 cm³/mol. The van der Waals surface area contributed by atoms with Gasteiger partial charge in [-0.1, -0.05) is 40.3 Å². The molecule has 0 N–H and O–H groups in total. The van der Waals surface area contributed by atoms with Gasteiger partial charge in [-0.05, 0) is 42.5 Å². The Morgan fingerprint density at radius 1 is 1.20 bits per heavy atom. The van der Waals surface area contributed by atoms with Crippen LogP contribution in [0.5, 0.6) is 5.75 Å². The lowest BCUT2D eigenvalue weighted by atomic mass is 9.94. The molecule has 1 aromatic carbocycles. The Morgan fingerprint density at radius 2 is 1.83 bits per heavy atom. The number of allylic oxidation sites excluding steroid dienone is 2. The summed E-state index contributed by atoms with van der Waals surface area (Å²) in [6, 6.07) is 1.58. The van der Waals surface area contributed by atoms with E-state index < -0.39 is 17.5 Å². The molecule has 0 saturated heterocycles. The van der Waals surface area contributed by atoms with Crippen molar-refractivity contribution in [2.24, 2.45) is 5.92 Å². The summed E-state index contributed by atoms with van der Waals surface area (Å²) in [4.78, 5) is 0. The number of aryl methyl sites for hydroxylation is 1. The number of fused-ring (bicyclic) bond motifs is 1. The summed E-state index contributed by atoms with van der Waals surface area (Å²) in [6.07, 6.45) is 2.21. The van der Waals surface area contributed by atoms with Crippen molar-refractivity contribution < 1.29 is 27.0 Å². The Labute approximate surface area is 177 Å². The van der Waals surface area contributed by atoms with E-state index in [-0.39, 0.29) is 35.5 Å². The molecule has 2 unspecified atom stereocenters. The van der Waals surface area contributed by atoms with Gasteiger partial charge in [-0.3, -0.25) is 4.39 Å². The summed E-state index contributed by atoms with van der Waals surface area (Å²) in [5.41, 5.74) is 1.33. The molecule has 0 bridgehead atoms. The van der Waals surface area contributed by atoms with Gasteiger partial charge in [-0.2, -0.15) is 4.39 Å². The molecular weight excluding hydrogens is 396 g/mol. The van der Waals surface area contributed by atoms with E-state index in [4.69, 9.17) is 9.47 Å². The smallest absolute Gasteiger partial charge is 0.201 e. The Kier molecular flexibility index (Phi) is 10.3. The largest absolute Gasteiger partial charge is 0.450 e. The fourth-order valence-corrected chi connectivity index (χ4v) is 2.99. The van der Waals surface area contributed by atoms with Crippen LogP contribution in [0.4, 0.5) is 17.6 Å². The molecule has 1 aliphatic heterocycles. The Hall–Kier alpha value is -2.08. The summed E-state index contributed by atoms with van der Waals surface area (Å²) in [7, 11) is 0.500. The predicted octanol–water partition coefficient (Wildman–Crippen LogP) is 7.18. The summed E-state index contributed by atoms with van der Waals surface area (Å²) in [5.74, 6) is -3.48. The van der Waals surface area contributed by atoms with Crippen LogP contribution < -0.4 is 4.74 Å². The minimum Gasteiger partial charge on any atom is -0.450 e. The number of ether oxygens (including phenoxy) is 2. The van der Waals surface area contributed by atoms with E-state index in [2.05, 4.69) is 13.2 Å². The Balaban J connectivity index is 0.00000218. The second kappa shape index (κ2) is 11.9. The molecule has 2 nitrogen and oxygen atoms in total. The third kappa shape index (κ3) is 5.97. The SMILES string of the molecule is C=C1Cc2cc(CCC)c(F)c(F)c2O/C1=C(\F)C(=C)C(C)COC(C)CC.CF. The molecule has 30 heavy (non-hydrogen) atoms. The van der Waals surface area contributed by atoms with Crippen LogP contribution >= 0.6 is 0 Å². The monoisotopic (exact) mass is 428 g/mol. The standard InChI is InChI=1S/C23H29F3O2.CH3F/c1-7-9-17-11-18-10-13(3)22(28-23(18)21(26)20(17)25)19(24)16(6)14(4)12-27-15(5)8-2;1-2/h11,14-15H,3,6-10,12H2,1-2,4-5H3;1H3/b22-19-;. The van der Waals surface area contributed by atoms with Crippen molar-refractivity contribution in [2.45, 2.75) is 59.5 Å². The fraction of sp³-hybridized carbons (Fsp3) is 0.500. The van der Waals surface area contributed by atoms with E-state index >= 15 is 4.39 Å². The van der Waals surface area contributed by atoms with Gasteiger partial charge in [-0.15, -0.1) is 0 Å². The van der Waals surface area contributed by atoms with Crippen molar-refractivity contribution in [3.05, 3.63) is 64.7 Å². The highest BCUT2D eigenvalue weighted by molar-refractivity contribution is 5.51. The Morgan fingerprint density at radius 3 is 2.40 bits per heavy atom. The molecule has 6 heteroatoms. The van der Waals surface area contributed by atoms with Crippen LogP contribution in [-0.2, 0) is 17.6 Å². The number of hydrogen-bond donors (Lipinski definition) is 0. The van der Waals surface area contributed by atoms with Crippen LogP contribution in [-0.4, -0.2) is 19.9 Å². The number of alkyl halides is 1. The summed E-state index contributed by atoms with van der Waals surface area (Å²) in [6.45, 7) is 15.6. The van der Waals surface area contributed by atoms with Crippen molar-refractivity contribution in [1.29, 1.82) is 0 Å². The maximum Gasteiger partial charge on any atom is 0.201 e. The second-order valence-corrected chi connectivity index (χ2v) is 7.41. The zero-order chi connectivity index (χ0) is 23.0. The lowest BCUT2D eigenvalue weighted by Gasteiger charge is -2.25. The first-order chi connectivity index (χ1) is 14.2. The molecule has 0 spiro atoms. The van der Waals surface area contributed by atoms with Gasteiger partial charge in [0, 0.05) is 17.9 Å². The summed E-state index contributed by atoms with van der Waals surface area (Å²) in [5, 5.41) is 0. The van der Waals surface area contributed by atoms with Crippen LogP contribution in [0.1, 0.15) is 51.7 Å². The summed E-state index contributed by atoms with van der Waals surface area (Å²) >= 11 is 0. The average Bonchev–Trinajstić information content (AvgIpc) is 2.75. The minimum absolute atomic E-state index is 0.0631. The van der Waals surface area contributed by atoms with E-state index in [1.165, 1.54) is 0 Å². The van der Waals surface area contributed by atoms with Crippen molar-refractivity contribution in [2.75, 3.05) is 13.8 Å². The molecule has 1 aliphatic rings. The van der Waals surface area contributed by atoms with Crippen molar-refractivity contribution in [3.8, 4) is 5.75 Å². The van der Waals surface area contributed by atoms with Crippen LogP contribution in [0.15, 0.2) is 42.0 Å². The van der Waals surface area contributed by atoms with Gasteiger partial charge in [0.05, 0.1) is 19.9 Å². The van der Waals surface area contributed by atoms with Gasteiger partial charge in [0.15, 0.2) is 23.2 Å². The summed E-state index contributed by atoms with van der Waals surface area (Å²) < 4.78 is 64.4. The molecule has 0 fully saturated rings. The maximum atomic E-state index is 15.0. The molecule has 0 amide bonds. The lowest BCUT2D eigenvalue weighted by molar-refractivity contribution is 0.0485. The zero-order valence-corrected chi connectivity index (χ0v) is 18.5. The number of benzene rings is 1. The first-order valence-electron chi connectivity index (χ1n) is 10.1. The number of rotatable bonds is 8. The van der Waals surface area contributed by atoms with Gasteiger partial charge in [-0.25, -0.2) is 8.78 Å². The van der Waals surface area contributed by atoms with Crippen molar-refractivity contribution in [1.82, 2.24) is 0 Å². The molecule has 1 heterocycles. The molecule has 0 aromatic heterocycles. The second-order valence-electron chi connectivity index (χ2n) is 7.41. The maximum absolute atomic E-state index is 15.0. The van der Waals surface area contributed by atoms with Gasteiger partial charge < -0.3 is 9.47 Å². The highest BCUT2D eigenvalue weighted by Crippen LogP contribution is 2.39. The first kappa shape index (κ1) is 26.0. The highest BCUT2D eigenvalue weighted by atomic mass is 19.2. The average molecular weight is 429 g/mol. The highest BCUT2D eigenvalue weighted by Gasteiger charge is 2.29. The van der Waals surface area contributed by atoms with E-state index in [0.717, 1.165) is 6.42 Å². The topological polar surface area (TPSA) is 18.5 Å². The van der Waals surface area contributed by atoms with Crippen molar-refractivity contribution in [3.63, 3.8) is 0 Å². The van der Waals surface area contributed by atoms with Gasteiger partial charge in [0.2, 0.25) is 5.82 Å². The van der Waals surface area contributed by atoms with E-state index in [1.807, 2.05) is 20.8 Å². The third-order valence-electron chi connectivity index (χ3n) is 5.04. The van der Waals surface area contributed by atoms with E-state index in [9.17, 15) is 13.2 Å². The normalized spacial score (nSPS) is 16.6. The first-order valence-corrected chi connectivity index (χ1v) is 10.1. The van der Waals surface area contributed by atoms with Crippen LogP contribution in [0.3, 0.4) is 0 Å². The molecule has 2 atom stereocenters. The molecular formula is C24H32F4O2. The zero-order valence-electron chi connectivity index (χ0n) is 18.5. The molecule has 1 aromatic rings. The third-order valence-corrected chi connectivity index (χ3v) is 5.04. The molecule has 168 valence electrons. The van der Waals surface area contributed by atoms with Crippen LogP contribution in [0.2, 0.25) is 0 Å². The van der Waals surface area contributed by atoms with Gasteiger partial charge in [0.1, 0.15) is 0 Å². The van der Waals surface area contributed by atoms with Gasteiger partial charge in [0.25, 0.3) is 0 Å². The minimum atomic E-state index is -1.09. The quantitative estimate of drug-likeness (QED) is 0.408.